The van der Waals surface area contributed by atoms with Gasteiger partial charge >= 0.3 is 0 Å². The zero-order valence-corrected chi connectivity index (χ0v) is 15.3. The molecule has 3 rings (SSSR count). The van der Waals surface area contributed by atoms with E-state index in [0.29, 0.717) is 6.54 Å². The van der Waals surface area contributed by atoms with Crippen molar-refractivity contribution in [3.05, 3.63) is 65.5 Å². The minimum absolute atomic E-state index is 0.0544. The summed E-state index contributed by atoms with van der Waals surface area (Å²) in [5.41, 5.74) is 2.49. The van der Waals surface area contributed by atoms with Crippen LogP contribution in [0.3, 0.4) is 0 Å². The van der Waals surface area contributed by atoms with Gasteiger partial charge in [0, 0.05) is 13.6 Å². The predicted octanol–water partition coefficient (Wildman–Crippen LogP) is 3.93. The van der Waals surface area contributed by atoms with Crippen LogP contribution in [-0.4, -0.2) is 33.8 Å². The van der Waals surface area contributed by atoms with Gasteiger partial charge in [-0.05, 0) is 24.6 Å². The molecule has 0 saturated carbocycles. The van der Waals surface area contributed by atoms with Crippen LogP contribution >= 0.6 is 11.8 Å². The van der Waals surface area contributed by atoms with E-state index in [0.717, 1.165) is 17.3 Å². The van der Waals surface area contributed by atoms with E-state index in [9.17, 15) is 9.18 Å². The maximum atomic E-state index is 13.7. The van der Waals surface area contributed by atoms with Crippen molar-refractivity contribution in [2.75, 3.05) is 12.8 Å². The Hall–Kier alpha value is -2.67. The molecule has 0 aliphatic heterocycles. The first-order chi connectivity index (χ1) is 12.5. The number of aryl methyl sites for hydroxylation is 1. The number of aromatic nitrogens is 2. The van der Waals surface area contributed by atoms with Crippen LogP contribution in [0.5, 0.6) is 0 Å². The van der Waals surface area contributed by atoms with Gasteiger partial charge in [-0.25, -0.2) is 4.39 Å². The quantitative estimate of drug-likeness (QED) is 0.615. The van der Waals surface area contributed by atoms with E-state index in [2.05, 4.69) is 10.2 Å². The fraction of sp³-hybridized carbons (Fsp3) is 0.211. The van der Waals surface area contributed by atoms with Gasteiger partial charge in [0.15, 0.2) is 0 Å². The van der Waals surface area contributed by atoms with Crippen molar-refractivity contribution in [1.82, 2.24) is 15.1 Å². The molecule has 0 unspecified atom stereocenters. The molecule has 0 atom stereocenters. The van der Waals surface area contributed by atoms with E-state index in [1.165, 1.54) is 11.6 Å². The molecule has 7 heteroatoms. The SMILES string of the molecule is Cc1ccc(CN(C)C(=O)CSc2nnc(-c3ccccc3F)o2)cc1. The maximum Gasteiger partial charge on any atom is 0.277 e. The number of amides is 1. The van der Waals surface area contributed by atoms with E-state index < -0.39 is 5.82 Å². The lowest BCUT2D eigenvalue weighted by Crippen LogP contribution is -2.27. The lowest BCUT2D eigenvalue weighted by Gasteiger charge is -2.16. The van der Waals surface area contributed by atoms with Gasteiger partial charge < -0.3 is 9.32 Å². The molecule has 134 valence electrons. The number of halogens is 1. The van der Waals surface area contributed by atoms with Crippen LogP contribution in [0.25, 0.3) is 11.5 Å². The average Bonchev–Trinajstić information content (AvgIpc) is 3.10. The summed E-state index contributed by atoms with van der Waals surface area (Å²) in [5, 5.41) is 7.95. The molecule has 1 heterocycles. The smallest absolute Gasteiger partial charge is 0.277 e. The average molecular weight is 371 g/mol. The molecule has 3 aromatic rings. The Morgan fingerprint density at radius 3 is 2.62 bits per heavy atom. The van der Waals surface area contributed by atoms with Crippen molar-refractivity contribution in [2.45, 2.75) is 18.7 Å². The second kappa shape index (κ2) is 8.14. The van der Waals surface area contributed by atoms with Crippen LogP contribution in [0, 0.1) is 12.7 Å². The topological polar surface area (TPSA) is 59.2 Å². The summed E-state index contributed by atoms with van der Waals surface area (Å²) in [6.07, 6.45) is 0. The maximum absolute atomic E-state index is 13.7. The molecule has 1 aromatic heterocycles. The van der Waals surface area contributed by atoms with Crippen LogP contribution < -0.4 is 0 Å². The summed E-state index contributed by atoms with van der Waals surface area (Å²) < 4.78 is 19.2. The minimum atomic E-state index is -0.429. The number of carbonyl (C=O) groups is 1. The molecule has 0 aliphatic carbocycles. The third-order valence-corrected chi connectivity index (χ3v) is 4.60. The molecule has 0 radical (unpaired) electrons. The zero-order valence-electron chi connectivity index (χ0n) is 14.5. The van der Waals surface area contributed by atoms with E-state index >= 15 is 0 Å². The molecule has 0 bridgehead atoms. The summed E-state index contributed by atoms with van der Waals surface area (Å²) in [6.45, 7) is 2.55. The van der Waals surface area contributed by atoms with Crippen LogP contribution in [-0.2, 0) is 11.3 Å². The Balaban J connectivity index is 1.56. The largest absolute Gasteiger partial charge is 0.411 e. The number of nitrogens with zero attached hydrogens (tertiary/aromatic N) is 3. The van der Waals surface area contributed by atoms with E-state index in [4.69, 9.17) is 4.42 Å². The number of hydrogen-bond donors (Lipinski definition) is 0. The molecule has 26 heavy (non-hydrogen) atoms. The van der Waals surface area contributed by atoms with Crippen molar-refractivity contribution in [2.24, 2.45) is 0 Å². The lowest BCUT2D eigenvalue weighted by molar-refractivity contribution is -0.127. The molecule has 0 N–H and O–H groups in total. The summed E-state index contributed by atoms with van der Waals surface area (Å²) >= 11 is 1.14. The molecule has 5 nitrogen and oxygen atoms in total. The second-order valence-corrected chi connectivity index (χ2v) is 6.80. The first kappa shape index (κ1) is 18.1. The van der Waals surface area contributed by atoms with Gasteiger partial charge in [-0.3, -0.25) is 4.79 Å². The Labute approximate surface area is 155 Å². The molecule has 1 amide bonds. The van der Waals surface area contributed by atoms with E-state index in [1.54, 1.807) is 30.1 Å². The number of carbonyl (C=O) groups excluding carboxylic acids is 1. The predicted molar refractivity (Wildman–Crippen MR) is 98.1 cm³/mol. The Bertz CT molecular complexity index is 896. The van der Waals surface area contributed by atoms with E-state index in [1.807, 2.05) is 31.2 Å². The highest BCUT2D eigenvalue weighted by atomic mass is 32.2. The summed E-state index contributed by atoms with van der Waals surface area (Å²) in [6, 6.07) is 14.2. The highest BCUT2D eigenvalue weighted by molar-refractivity contribution is 7.99. The fourth-order valence-corrected chi connectivity index (χ4v) is 3.00. The van der Waals surface area contributed by atoms with E-state index in [-0.39, 0.29) is 28.3 Å². The first-order valence-electron chi connectivity index (χ1n) is 8.03. The summed E-state index contributed by atoms with van der Waals surface area (Å²) in [4.78, 5) is 13.9. The van der Waals surface area contributed by atoms with Crippen molar-refractivity contribution >= 4 is 17.7 Å². The van der Waals surface area contributed by atoms with Crippen LogP contribution in [0.2, 0.25) is 0 Å². The number of thioether (sulfide) groups is 1. The highest BCUT2D eigenvalue weighted by Gasteiger charge is 2.15. The van der Waals surface area contributed by atoms with Gasteiger partial charge in [-0.1, -0.05) is 53.7 Å². The van der Waals surface area contributed by atoms with Crippen LogP contribution in [0.4, 0.5) is 4.39 Å². The second-order valence-electron chi connectivity index (χ2n) is 5.88. The molecule has 0 fully saturated rings. The standard InChI is InChI=1S/C19H18FN3O2S/c1-13-7-9-14(10-8-13)11-23(2)17(24)12-26-19-22-21-18(25-19)15-5-3-4-6-16(15)20/h3-10H,11-12H2,1-2H3. The van der Waals surface area contributed by atoms with Crippen molar-refractivity contribution < 1.29 is 13.6 Å². The molecule has 0 saturated heterocycles. The van der Waals surface area contributed by atoms with Gasteiger partial charge in [0.05, 0.1) is 11.3 Å². The van der Waals surface area contributed by atoms with Crippen molar-refractivity contribution in [1.29, 1.82) is 0 Å². The molecule has 0 aliphatic rings. The number of hydrogen-bond acceptors (Lipinski definition) is 5. The van der Waals surface area contributed by atoms with Crippen LogP contribution in [0.1, 0.15) is 11.1 Å². The Morgan fingerprint density at radius 1 is 1.15 bits per heavy atom. The third-order valence-electron chi connectivity index (χ3n) is 3.80. The zero-order chi connectivity index (χ0) is 18.5. The number of rotatable bonds is 6. The molecular weight excluding hydrogens is 353 g/mol. The monoisotopic (exact) mass is 371 g/mol. The lowest BCUT2D eigenvalue weighted by atomic mass is 10.1. The number of benzene rings is 2. The summed E-state index contributed by atoms with van der Waals surface area (Å²) in [7, 11) is 1.75. The normalized spacial score (nSPS) is 10.7. The molecule has 0 spiro atoms. The highest BCUT2D eigenvalue weighted by Crippen LogP contribution is 2.25. The minimum Gasteiger partial charge on any atom is -0.411 e. The van der Waals surface area contributed by atoms with Gasteiger partial charge in [0.2, 0.25) is 5.91 Å². The van der Waals surface area contributed by atoms with Crippen LogP contribution in [0.15, 0.2) is 58.2 Å². The summed E-state index contributed by atoms with van der Waals surface area (Å²) in [5.74, 6) is -0.213. The molecule has 2 aromatic carbocycles. The third kappa shape index (κ3) is 4.49. The fourth-order valence-electron chi connectivity index (χ4n) is 2.30. The van der Waals surface area contributed by atoms with Gasteiger partial charge in [-0.2, -0.15) is 0 Å². The van der Waals surface area contributed by atoms with Crippen molar-refractivity contribution in [3.63, 3.8) is 0 Å². The van der Waals surface area contributed by atoms with Crippen molar-refractivity contribution in [3.8, 4) is 11.5 Å². The van der Waals surface area contributed by atoms with Gasteiger partial charge in [-0.15, -0.1) is 10.2 Å². The Morgan fingerprint density at radius 2 is 1.88 bits per heavy atom. The first-order valence-corrected chi connectivity index (χ1v) is 9.02. The van der Waals surface area contributed by atoms with Gasteiger partial charge in [0.25, 0.3) is 11.1 Å². The molecular formula is C19H18FN3O2S. The Kier molecular flexibility index (Phi) is 5.68. The van der Waals surface area contributed by atoms with Gasteiger partial charge in [0.1, 0.15) is 5.82 Å².